The maximum atomic E-state index is 12.7. The van der Waals surface area contributed by atoms with Crippen molar-refractivity contribution < 1.29 is 14.7 Å². The van der Waals surface area contributed by atoms with Gasteiger partial charge < -0.3 is 9.67 Å². The molecule has 8 nitrogen and oxygen atoms in total. The Kier molecular flexibility index (Phi) is 4.28. The maximum absolute atomic E-state index is 12.7. The van der Waals surface area contributed by atoms with E-state index in [-0.39, 0.29) is 0 Å². The third-order valence-electron chi connectivity index (χ3n) is 4.28. The van der Waals surface area contributed by atoms with Gasteiger partial charge in [0.1, 0.15) is 17.1 Å². The summed E-state index contributed by atoms with van der Waals surface area (Å²) in [5, 5.41) is 20.0. The Morgan fingerprint density at radius 1 is 1.22 bits per heavy atom. The van der Waals surface area contributed by atoms with Gasteiger partial charge in [-0.15, -0.1) is 0 Å². The number of thiazole rings is 1. The lowest BCUT2D eigenvalue weighted by atomic mass is 10.2. The van der Waals surface area contributed by atoms with E-state index >= 15 is 0 Å². The quantitative estimate of drug-likeness (QED) is 0.564. The molecule has 2 aromatic heterocycles. The Balaban J connectivity index is 1.89. The van der Waals surface area contributed by atoms with Gasteiger partial charge in [-0.1, -0.05) is 30.4 Å². The molecule has 2 aromatic carbocycles. The monoisotopic (exact) mass is 381 g/mol. The Labute approximate surface area is 156 Å². The number of nitrogens with zero attached hydrogens (tertiary/aromatic N) is 4. The number of aliphatic carboxylic acids is 1. The van der Waals surface area contributed by atoms with Crippen molar-refractivity contribution >= 4 is 44.5 Å². The van der Waals surface area contributed by atoms with Crippen molar-refractivity contribution in [1.82, 2.24) is 20.0 Å². The number of carboxylic acid groups (broad SMARTS) is 1. The molecule has 0 aliphatic carbocycles. The van der Waals surface area contributed by atoms with Crippen LogP contribution < -0.4 is 4.80 Å². The molecule has 136 valence electrons. The van der Waals surface area contributed by atoms with Gasteiger partial charge in [0.25, 0.3) is 5.91 Å². The van der Waals surface area contributed by atoms with Crippen LogP contribution in [0.5, 0.6) is 0 Å². The van der Waals surface area contributed by atoms with Crippen LogP contribution in [0.4, 0.5) is 0 Å². The van der Waals surface area contributed by atoms with Gasteiger partial charge in [0.2, 0.25) is 0 Å². The number of carbonyl (C=O) groups is 2. The van der Waals surface area contributed by atoms with Crippen molar-refractivity contribution in [3.05, 3.63) is 52.8 Å². The van der Waals surface area contributed by atoms with Crippen LogP contribution in [0, 0.1) is 0 Å². The largest absolute Gasteiger partial charge is 0.480 e. The number of aromatic amines is 1. The molecule has 1 unspecified atom stereocenters. The van der Waals surface area contributed by atoms with Crippen molar-refractivity contribution in [2.24, 2.45) is 4.99 Å². The van der Waals surface area contributed by atoms with Crippen LogP contribution in [0.25, 0.3) is 21.3 Å². The topological polar surface area (TPSA) is 113 Å². The van der Waals surface area contributed by atoms with Crippen LogP contribution in [0.1, 0.15) is 29.7 Å². The molecule has 2 N–H and O–H groups in total. The van der Waals surface area contributed by atoms with E-state index in [4.69, 9.17) is 0 Å². The lowest BCUT2D eigenvalue weighted by molar-refractivity contribution is -0.140. The number of para-hydroxylation sites is 1. The molecule has 0 fully saturated rings. The number of hydrogen-bond donors (Lipinski definition) is 2. The minimum absolute atomic E-state index is 0.357. The summed E-state index contributed by atoms with van der Waals surface area (Å²) in [7, 11) is 0. The number of carbonyl (C=O) groups excluding carboxylic acids is 1. The maximum Gasteiger partial charge on any atom is 0.326 e. The van der Waals surface area contributed by atoms with Gasteiger partial charge in [-0.2, -0.15) is 20.4 Å². The van der Waals surface area contributed by atoms with Crippen molar-refractivity contribution in [3.63, 3.8) is 0 Å². The summed E-state index contributed by atoms with van der Waals surface area (Å²) in [5.74, 6) is -1.42. The molecule has 0 spiro atoms. The van der Waals surface area contributed by atoms with Crippen molar-refractivity contribution in [3.8, 4) is 0 Å². The number of amides is 1. The van der Waals surface area contributed by atoms with Gasteiger partial charge in [0, 0.05) is 5.56 Å². The second-order valence-corrected chi connectivity index (χ2v) is 6.94. The summed E-state index contributed by atoms with van der Waals surface area (Å²) in [6, 6.07) is 11.6. The van der Waals surface area contributed by atoms with E-state index < -0.39 is 17.9 Å². The first kappa shape index (κ1) is 17.1. The van der Waals surface area contributed by atoms with Crippen molar-refractivity contribution in [1.29, 1.82) is 0 Å². The highest BCUT2D eigenvalue weighted by Crippen LogP contribution is 2.22. The van der Waals surface area contributed by atoms with Crippen LogP contribution in [-0.4, -0.2) is 37.0 Å². The zero-order valence-electron chi connectivity index (χ0n) is 14.3. The first-order valence-electron chi connectivity index (χ1n) is 8.31. The smallest absolute Gasteiger partial charge is 0.326 e. The van der Waals surface area contributed by atoms with Gasteiger partial charge in [0.05, 0.1) is 10.2 Å². The van der Waals surface area contributed by atoms with Crippen LogP contribution in [-0.2, 0) is 4.79 Å². The molecule has 0 saturated carbocycles. The van der Waals surface area contributed by atoms with E-state index in [9.17, 15) is 14.7 Å². The molecule has 4 rings (SSSR count). The van der Waals surface area contributed by atoms with Crippen LogP contribution >= 0.6 is 11.3 Å². The molecule has 4 aromatic rings. The Bertz CT molecular complexity index is 1240. The normalized spacial score (nSPS) is 13.3. The molecule has 0 radical (unpaired) electrons. The van der Waals surface area contributed by atoms with E-state index in [1.807, 2.05) is 24.3 Å². The van der Waals surface area contributed by atoms with Gasteiger partial charge in [-0.05, 0) is 36.8 Å². The third-order valence-corrected chi connectivity index (χ3v) is 5.31. The molecule has 0 saturated heterocycles. The lowest BCUT2D eigenvalue weighted by Crippen LogP contribution is -2.27. The van der Waals surface area contributed by atoms with Crippen molar-refractivity contribution in [2.75, 3.05) is 0 Å². The molecular formula is C18H15N5O3S. The summed E-state index contributed by atoms with van der Waals surface area (Å²) in [5.41, 5.74) is 2.33. The fourth-order valence-electron chi connectivity index (χ4n) is 2.96. The highest BCUT2D eigenvalue weighted by Gasteiger charge is 2.22. The molecule has 0 bridgehead atoms. The average Bonchev–Trinajstić information content (AvgIpc) is 3.26. The number of hydrogen-bond acceptors (Lipinski definition) is 5. The Morgan fingerprint density at radius 3 is 2.78 bits per heavy atom. The van der Waals surface area contributed by atoms with Gasteiger partial charge in [0.15, 0.2) is 4.80 Å². The van der Waals surface area contributed by atoms with Gasteiger partial charge in [-0.25, -0.2) is 4.79 Å². The molecule has 0 aliphatic rings. The molecule has 1 atom stereocenters. The number of H-pyrrole nitrogens is 1. The second kappa shape index (κ2) is 6.76. The molecule has 1 amide bonds. The predicted molar refractivity (Wildman–Crippen MR) is 101 cm³/mol. The van der Waals surface area contributed by atoms with Crippen molar-refractivity contribution in [2.45, 2.75) is 19.4 Å². The third kappa shape index (κ3) is 3.02. The summed E-state index contributed by atoms with van der Waals surface area (Å²) >= 11 is 1.29. The molecule has 9 heteroatoms. The fraction of sp³-hybridized carbons (Fsp3) is 0.167. The zero-order chi connectivity index (χ0) is 19.0. The molecule has 0 aliphatic heterocycles. The van der Waals surface area contributed by atoms with Crippen LogP contribution in [0.15, 0.2) is 47.5 Å². The number of benzene rings is 2. The minimum atomic E-state index is -0.959. The van der Waals surface area contributed by atoms with E-state index in [2.05, 4.69) is 20.4 Å². The predicted octanol–water partition coefficient (Wildman–Crippen LogP) is 2.75. The standard InChI is InChI=1S/C18H15N5O3S/c1-2-13(17(25)26)23-14-5-3-4-6-15(14)27-18(23)19-16(24)10-7-8-11-12(9-10)21-22-20-11/h3-9,13H,2H2,1H3,(H,25,26)(H,20,21,22). The summed E-state index contributed by atoms with van der Waals surface area (Å²) in [6.45, 7) is 1.79. The van der Waals surface area contributed by atoms with E-state index in [1.54, 1.807) is 29.7 Å². The lowest BCUT2D eigenvalue weighted by Gasteiger charge is -2.13. The second-order valence-electron chi connectivity index (χ2n) is 5.93. The van der Waals surface area contributed by atoms with Crippen LogP contribution in [0.2, 0.25) is 0 Å². The van der Waals surface area contributed by atoms with Crippen LogP contribution in [0.3, 0.4) is 0 Å². The molecule has 2 heterocycles. The molecular weight excluding hydrogens is 366 g/mol. The van der Waals surface area contributed by atoms with Gasteiger partial charge in [-0.3, -0.25) is 4.79 Å². The zero-order valence-corrected chi connectivity index (χ0v) is 15.1. The number of aromatic nitrogens is 4. The minimum Gasteiger partial charge on any atom is -0.480 e. The number of fused-ring (bicyclic) bond motifs is 2. The highest BCUT2D eigenvalue weighted by atomic mass is 32.1. The van der Waals surface area contributed by atoms with E-state index in [0.717, 1.165) is 10.2 Å². The summed E-state index contributed by atoms with van der Waals surface area (Å²) in [6.07, 6.45) is 0.377. The average molecular weight is 381 g/mol. The van der Waals surface area contributed by atoms with E-state index in [1.165, 1.54) is 11.3 Å². The highest BCUT2D eigenvalue weighted by molar-refractivity contribution is 7.16. The Morgan fingerprint density at radius 2 is 2.00 bits per heavy atom. The summed E-state index contributed by atoms with van der Waals surface area (Å²) < 4.78 is 2.49. The van der Waals surface area contributed by atoms with E-state index in [0.29, 0.717) is 27.8 Å². The van der Waals surface area contributed by atoms with Gasteiger partial charge >= 0.3 is 5.97 Å². The number of nitrogens with one attached hydrogen (secondary N) is 1. The summed E-state index contributed by atoms with van der Waals surface area (Å²) in [4.78, 5) is 29.0. The Hall–Kier alpha value is -3.33. The molecule has 27 heavy (non-hydrogen) atoms. The first-order chi connectivity index (χ1) is 13.1. The first-order valence-corrected chi connectivity index (χ1v) is 9.12. The fourth-order valence-corrected chi connectivity index (χ4v) is 4.03. The number of carboxylic acids is 1. The SMILES string of the molecule is CCC(C(=O)O)n1c(=NC(=O)c2ccc3n[nH]nc3c2)sc2ccccc21. The number of rotatable bonds is 4.